The predicted molar refractivity (Wildman–Crippen MR) is 91.2 cm³/mol. The first-order valence-electron chi connectivity index (χ1n) is 7.82. The minimum Gasteiger partial charge on any atom is -0.477 e. The van der Waals surface area contributed by atoms with Gasteiger partial charge < -0.3 is 19.6 Å². The van der Waals surface area contributed by atoms with E-state index in [1.807, 2.05) is 12.1 Å². The Labute approximate surface area is 144 Å². The van der Waals surface area contributed by atoms with Crippen molar-refractivity contribution in [2.24, 2.45) is 0 Å². The van der Waals surface area contributed by atoms with Crippen LogP contribution in [-0.4, -0.2) is 60.3 Å². The summed E-state index contributed by atoms with van der Waals surface area (Å²) in [5.74, 6) is -0.569. The number of hydrogen-bond acceptors (Lipinski definition) is 6. The first kappa shape index (κ1) is 16.8. The van der Waals surface area contributed by atoms with Crippen LogP contribution in [0.25, 0.3) is 0 Å². The van der Waals surface area contributed by atoms with Crippen molar-refractivity contribution in [3.63, 3.8) is 0 Å². The van der Waals surface area contributed by atoms with Gasteiger partial charge in [0.25, 0.3) is 5.91 Å². The van der Waals surface area contributed by atoms with Gasteiger partial charge in [-0.05, 0) is 24.3 Å². The van der Waals surface area contributed by atoms with Gasteiger partial charge in [0.15, 0.2) is 0 Å². The molecule has 8 nitrogen and oxygen atoms in total. The van der Waals surface area contributed by atoms with Crippen molar-refractivity contribution in [2.75, 3.05) is 43.2 Å². The summed E-state index contributed by atoms with van der Waals surface area (Å²) in [5.41, 5.74) is 0.852. The summed E-state index contributed by atoms with van der Waals surface area (Å²) in [4.78, 5) is 35.1. The average molecular weight is 342 g/mol. The molecular weight excluding hydrogens is 324 g/mol. The highest BCUT2D eigenvalue weighted by molar-refractivity contribution is 6.05. The van der Waals surface area contributed by atoms with E-state index in [0.717, 1.165) is 18.9 Å². The first-order chi connectivity index (χ1) is 12.1. The van der Waals surface area contributed by atoms with Gasteiger partial charge in [-0.1, -0.05) is 0 Å². The number of pyridine rings is 2. The lowest BCUT2D eigenvalue weighted by Crippen LogP contribution is -2.36. The number of morpholine rings is 1. The van der Waals surface area contributed by atoms with Crippen molar-refractivity contribution in [3.8, 4) is 0 Å². The lowest BCUT2D eigenvalue weighted by atomic mass is 10.2. The van der Waals surface area contributed by atoms with Gasteiger partial charge in [-0.25, -0.2) is 14.8 Å². The number of amides is 1. The van der Waals surface area contributed by atoms with E-state index >= 15 is 0 Å². The Morgan fingerprint density at radius 2 is 1.88 bits per heavy atom. The van der Waals surface area contributed by atoms with Crippen LogP contribution in [0.4, 0.5) is 11.5 Å². The van der Waals surface area contributed by atoms with E-state index in [9.17, 15) is 9.59 Å². The molecule has 3 rings (SSSR count). The SMILES string of the molecule is CN(C(=O)c1ccc(C(=O)O)nc1)c1ccc(N2CCOCC2)nc1. The summed E-state index contributed by atoms with van der Waals surface area (Å²) in [6.07, 6.45) is 2.90. The van der Waals surface area contributed by atoms with Crippen molar-refractivity contribution >= 4 is 23.4 Å². The van der Waals surface area contributed by atoms with Gasteiger partial charge in [0.2, 0.25) is 0 Å². The third kappa shape index (κ3) is 3.74. The number of carbonyl (C=O) groups is 2. The molecule has 1 N–H and O–H groups in total. The van der Waals surface area contributed by atoms with Crippen LogP contribution in [-0.2, 0) is 4.74 Å². The van der Waals surface area contributed by atoms with Crippen molar-refractivity contribution in [2.45, 2.75) is 0 Å². The van der Waals surface area contributed by atoms with E-state index < -0.39 is 5.97 Å². The van der Waals surface area contributed by atoms with Gasteiger partial charge in [-0.3, -0.25) is 4.79 Å². The summed E-state index contributed by atoms with van der Waals surface area (Å²) in [6, 6.07) is 6.46. The van der Waals surface area contributed by atoms with Gasteiger partial charge in [-0.2, -0.15) is 0 Å². The van der Waals surface area contributed by atoms with Gasteiger partial charge >= 0.3 is 5.97 Å². The molecule has 0 unspecified atom stereocenters. The molecule has 2 aromatic heterocycles. The van der Waals surface area contributed by atoms with Crippen molar-refractivity contribution in [3.05, 3.63) is 47.9 Å². The second-order valence-corrected chi connectivity index (χ2v) is 5.58. The smallest absolute Gasteiger partial charge is 0.354 e. The summed E-state index contributed by atoms with van der Waals surface area (Å²) in [6.45, 7) is 2.95. The second-order valence-electron chi connectivity index (χ2n) is 5.58. The molecule has 1 aliphatic rings. The van der Waals surface area contributed by atoms with Gasteiger partial charge in [0.1, 0.15) is 11.5 Å². The Morgan fingerprint density at radius 3 is 2.44 bits per heavy atom. The van der Waals surface area contributed by atoms with Gasteiger partial charge in [-0.15, -0.1) is 0 Å². The Morgan fingerprint density at radius 1 is 1.12 bits per heavy atom. The maximum absolute atomic E-state index is 12.5. The average Bonchev–Trinajstić information content (AvgIpc) is 2.67. The molecule has 2 aromatic rings. The van der Waals surface area contributed by atoms with E-state index in [2.05, 4.69) is 14.9 Å². The van der Waals surface area contributed by atoms with E-state index in [0.29, 0.717) is 24.5 Å². The molecule has 8 heteroatoms. The standard InChI is InChI=1S/C17H18N4O4/c1-20(16(22)12-2-4-14(17(23)24)18-10-12)13-3-5-15(19-11-13)21-6-8-25-9-7-21/h2-5,10-11H,6-9H2,1H3,(H,23,24). The largest absolute Gasteiger partial charge is 0.477 e. The number of carboxylic acid groups (broad SMARTS) is 1. The van der Waals surface area contributed by atoms with Crippen LogP contribution in [0.1, 0.15) is 20.8 Å². The summed E-state index contributed by atoms with van der Waals surface area (Å²) < 4.78 is 5.32. The Hall–Kier alpha value is -3.00. The van der Waals surface area contributed by atoms with Crippen molar-refractivity contribution < 1.29 is 19.4 Å². The van der Waals surface area contributed by atoms with Crippen LogP contribution in [0.15, 0.2) is 36.7 Å². The molecule has 3 heterocycles. The topological polar surface area (TPSA) is 95.9 Å². The molecule has 0 radical (unpaired) electrons. The third-order valence-corrected chi connectivity index (χ3v) is 3.99. The van der Waals surface area contributed by atoms with Gasteiger partial charge in [0, 0.05) is 26.3 Å². The number of carboxylic acids is 1. The molecule has 1 amide bonds. The van der Waals surface area contributed by atoms with E-state index in [1.54, 1.807) is 13.2 Å². The third-order valence-electron chi connectivity index (χ3n) is 3.99. The molecule has 0 atom stereocenters. The molecule has 1 saturated heterocycles. The normalized spacial score (nSPS) is 14.2. The number of rotatable bonds is 4. The molecule has 130 valence electrons. The summed E-state index contributed by atoms with van der Waals surface area (Å²) in [7, 11) is 1.64. The number of aromatic carboxylic acids is 1. The number of anilines is 2. The van der Waals surface area contributed by atoms with Gasteiger partial charge in [0.05, 0.1) is 30.7 Å². The molecule has 25 heavy (non-hydrogen) atoms. The Bertz CT molecular complexity index is 755. The van der Waals surface area contributed by atoms with Crippen LogP contribution in [0, 0.1) is 0 Å². The Balaban J connectivity index is 1.72. The minimum absolute atomic E-state index is 0.101. The van der Waals surface area contributed by atoms with E-state index in [1.165, 1.54) is 23.2 Å². The van der Waals surface area contributed by atoms with Crippen LogP contribution in [0.3, 0.4) is 0 Å². The number of nitrogens with zero attached hydrogens (tertiary/aromatic N) is 4. The fraction of sp³-hybridized carbons (Fsp3) is 0.294. The maximum atomic E-state index is 12.5. The zero-order valence-electron chi connectivity index (χ0n) is 13.8. The Kier molecular flexibility index (Phi) is 4.90. The fourth-order valence-corrected chi connectivity index (χ4v) is 2.51. The first-order valence-corrected chi connectivity index (χ1v) is 7.82. The number of aromatic nitrogens is 2. The molecule has 0 bridgehead atoms. The minimum atomic E-state index is -1.13. The quantitative estimate of drug-likeness (QED) is 0.894. The number of hydrogen-bond donors (Lipinski definition) is 1. The van der Waals surface area contributed by atoms with Crippen LogP contribution >= 0.6 is 0 Å². The van der Waals surface area contributed by atoms with Crippen LogP contribution in [0.2, 0.25) is 0 Å². The highest BCUT2D eigenvalue weighted by Gasteiger charge is 2.17. The van der Waals surface area contributed by atoms with E-state index in [4.69, 9.17) is 9.84 Å². The highest BCUT2D eigenvalue weighted by atomic mass is 16.5. The number of ether oxygens (including phenoxy) is 1. The molecule has 0 aromatic carbocycles. The monoisotopic (exact) mass is 342 g/mol. The lowest BCUT2D eigenvalue weighted by Gasteiger charge is -2.28. The maximum Gasteiger partial charge on any atom is 0.354 e. The molecular formula is C17H18N4O4. The van der Waals surface area contributed by atoms with Crippen molar-refractivity contribution in [1.29, 1.82) is 0 Å². The zero-order valence-corrected chi connectivity index (χ0v) is 13.8. The summed E-state index contributed by atoms with van der Waals surface area (Å²) in [5, 5.41) is 8.86. The van der Waals surface area contributed by atoms with Crippen molar-refractivity contribution in [1.82, 2.24) is 9.97 Å². The molecule has 1 aliphatic heterocycles. The van der Waals surface area contributed by atoms with E-state index in [-0.39, 0.29) is 11.6 Å². The lowest BCUT2D eigenvalue weighted by molar-refractivity contribution is 0.0690. The predicted octanol–water partition coefficient (Wildman–Crippen LogP) is 1.29. The summed E-state index contributed by atoms with van der Waals surface area (Å²) >= 11 is 0. The second kappa shape index (κ2) is 7.27. The number of carbonyl (C=O) groups excluding carboxylic acids is 1. The zero-order chi connectivity index (χ0) is 17.8. The molecule has 1 fully saturated rings. The molecule has 0 spiro atoms. The fourth-order valence-electron chi connectivity index (χ4n) is 2.51. The molecule has 0 aliphatic carbocycles. The van der Waals surface area contributed by atoms with Crippen LogP contribution in [0.5, 0.6) is 0 Å². The van der Waals surface area contributed by atoms with Crippen LogP contribution < -0.4 is 9.80 Å². The molecule has 0 saturated carbocycles. The highest BCUT2D eigenvalue weighted by Crippen LogP contribution is 2.19.